The van der Waals surface area contributed by atoms with E-state index in [1.165, 1.54) is 48.1 Å². The normalized spacial score (nSPS) is 14.7. The fraction of sp³-hybridized carbons (Fsp3) is 0.308. The van der Waals surface area contributed by atoms with Gasteiger partial charge in [0.05, 0.1) is 11.3 Å². The number of nitrogens with one attached hydrogen (secondary N) is 1. The average Bonchev–Trinajstić information content (AvgIpc) is 3.49. The first-order valence-electron chi connectivity index (χ1n) is 11.6. The molecule has 34 heavy (non-hydrogen) atoms. The Bertz CT molecular complexity index is 1260. The number of nitrogens with zero attached hydrogens (tertiary/aromatic N) is 4. The summed E-state index contributed by atoms with van der Waals surface area (Å²) in [6.45, 7) is 3.59. The predicted octanol–water partition coefficient (Wildman–Crippen LogP) is 6.19. The first-order chi connectivity index (χ1) is 16.5. The molecule has 0 aliphatic carbocycles. The third-order valence-corrected chi connectivity index (χ3v) is 6.22. The van der Waals surface area contributed by atoms with Crippen molar-refractivity contribution in [3.63, 3.8) is 0 Å². The maximum absolute atomic E-state index is 13.6. The smallest absolute Gasteiger partial charge is 0.323 e. The first-order valence-corrected chi connectivity index (χ1v) is 11.6. The van der Waals surface area contributed by atoms with Gasteiger partial charge in [0.15, 0.2) is 5.65 Å². The molecule has 1 N–H and O–H groups in total. The fourth-order valence-corrected chi connectivity index (χ4v) is 4.51. The molecule has 0 spiro atoms. The summed E-state index contributed by atoms with van der Waals surface area (Å²) in [5.41, 5.74) is 2.27. The van der Waals surface area contributed by atoms with Crippen LogP contribution in [0.2, 0.25) is 0 Å². The molecule has 176 valence electrons. The van der Waals surface area contributed by atoms with E-state index < -0.39 is 11.7 Å². The van der Waals surface area contributed by atoms with Crippen molar-refractivity contribution in [3.05, 3.63) is 77.9 Å². The Hall–Kier alpha value is -3.39. The Kier molecular flexibility index (Phi) is 6.24. The molecule has 0 bridgehead atoms. The van der Waals surface area contributed by atoms with Crippen LogP contribution in [0.15, 0.2) is 66.7 Å². The average molecular weight is 466 g/mol. The summed E-state index contributed by atoms with van der Waals surface area (Å²) in [6, 6.07) is 18.7. The molecule has 5 nitrogen and oxygen atoms in total. The monoisotopic (exact) mass is 465 g/mol. The Morgan fingerprint density at radius 2 is 1.65 bits per heavy atom. The van der Waals surface area contributed by atoms with Crippen molar-refractivity contribution in [1.82, 2.24) is 19.5 Å². The molecule has 0 radical (unpaired) electrons. The summed E-state index contributed by atoms with van der Waals surface area (Å²) < 4.78 is 42.1. The van der Waals surface area contributed by atoms with Gasteiger partial charge in [-0.3, -0.25) is 0 Å². The number of hydrogen-bond donors (Lipinski definition) is 1. The van der Waals surface area contributed by atoms with Gasteiger partial charge in [0.25, 0.3) is 0 Å². The molecule has 2 aromatic heterocycles. The largest absolute Gasteiger partial charge is 0.417 e. The van der Waals surface area contributed by atoms with Gasteiger partial charge in [-0.05, 0) is 81.2 Å². The summed E-state index contributed by atoms with van der Waals surface area (Å²) >= 11 is 0. The van der Waals surface area contributed by atoms with E-state index in [1.54, 1.807) is 24.3 Å². The summed E-state index contributed by atoms with van der Waals surface area (Å²) in [6.07, 6.45) is 0.340. The van der Waals surface area contributed by atoms with Gasteiger partial charge in [-0.2, -0.15) is 18.2 Å². The van der Waals surface area contributed by atoms with Crippen LogP contribution < -0.4 is 5.32 Å². The SMILES string of the molecule is FC(F)(F)c1ccccc1-c1cccc2nc(Nc3ccc(CCCN4CCCC4)cc3)nn12. The highest BCUT2D eigenvalue weighted by atomic mass is 19.4. The van der Waals surface area contributed by atoms with Crippen LogP contribution in [0.5, 0.6) is 0 Å². The summed E-state index contributed by atoms with van der Waals surface area (Å²) in [5.74, 6) is 0.332. The topological polar surface area (TPSA) is 45.5 Å². The second-order valence-corrected chi connectivity index (χ2v) is 8.63. The lowest BCUT2D eigenvalue weighted by molar-refractivity contribution is -0.137. The van der Waals surface area contributed by atoms with E-state index in [9.17, 15) is 13.2 Å². The summed E-state index contributed by atoms with van der Waals surface area (Å²) in [5, 5.41) is 7.62. The van der Waals surface area contributed by atoms with Crippen molar-refractivity contribution in [2.24, 2.45) is 0 Å². The zero-order valence-electron chi connectivity index (χ0n) is 18.7. The van der Waals surface area contributed by atoms with Crippen LogP contribution in [0.25, 0.3) is 16.9 Å². The van der Waals surface area contributed by atoms with E-state index in [-0.39, 0.29) is 5.56 Å². The van der Waals surface area contributed by atoms with Gasteiger partial charge < -0.3 is 10.2 Å². The van der Waals surface area contributed by atoms with E-state index >= 15 is 0 Å². The minimum Gasteiger partial charge on any atom is -0.323 e. The molecule has 1 aliphatic heterocycles. The third kappa shape index (κ3) is 4.92. The van der Waals surface area contributed by atoms with Gasteiger partial charge in [0.1, 0.15) is 0 Å². The minimum atomic E-state index is -4.46. The number of benzene rings is 2. The molecule has 3 heterocycles. The van der Waals surface area contributed by atoms with E-state index in [0.717, 1.165) is 31.1 Å². The molecule has 1 aliphatic rings. The molecule has 0 saturated carbocycles. The van der Waals surface area contributed by atoms with E-state index in [4.69, 9.17) is 0 Å². The summed E-state index contributed by atoms with van der Waals surface area (Å²) in [7, 11) is 0. The standard InChI is InChI=1S/C26H26F3N5/c27-26(28,29)22-9-2-1-8-21(22)23-10-5-11-24-31-25(32-34(23)24)30-20-14-12-19(13-15-20)7-6-18-33-16-3-4-17-33/h1-2,5,8-15H,3-4,6-7,16-18H2,(H,30,32). The lowest BCUT2D eigenvalue weighted by atomic mass is 10.0. The number of halogens is 3. The van der Waals surface area contributed by atoms with E-state index in [1.807, 2.05) is 12.1 Å². The van der Waals surface area contributed by atoms with Crippen LogP contribution in [0.3, 0.4) is 0 Å². The number of aryl methyl sites for hydroxylation is 1. The van der Waals surface area contributed by atoms with Gasteiger partial charge in [0, 0.05) is 11.3 Å². The molecule has 2 aromatic carbocycles. The maximum atomic E-state index is 13.6. The molecule has 0 amide bonds. The predicted molar refractivity (Wildman–Crippen MR) is 127 cm³/mol. The molecule has 4 aromatic rings. The summed E-state index contributed by atoms with van der Waals surface area (Å²) in [4.78, 5) is 6.98. The highest BCUT2D eigenvalue weighted by Crippen LogP contribution is 2.37. The van der Waals surface area contributed by atoms with Crippen LogP contribution in [0, 0.1) is 0 Å². The van der Waals surface area contributed by atoms with Crippen molar-refractivity contribution in [1.29, 1.82) is 0 Å². The maximum Gasteiger partial charge on any atom is 0.417 e. The van der Waals surface area contributed by atoms with Crippen molar-refractivity contribution >= 4 is 17.3 Å². The number of alkyl halides is 3. The van der Waals surface area contributed by atoms with Crippen LogP contribution in [0.4, 0.5) is 24.8 Å². The zero-order chi connectivity index (χ0) is 23.5. The number of hydrogen-bond acceptors (Lipinski definition) is 4. The van der Waals surface area contributed by atoms with Crippen molar-refractivity contribution < 1.29 is 13.2 Å². The molecular formula is C26H26F3N5. The highest BCUT2D eigenvalue weighted by Gasteiger charge is 2.34. The number of rotatable bonds is 7. The van der Waals surface area contributed by atoms with Crippen molar-refractivity contribution in [3.8, 4) is 11.3 Å². The van der Waals surface area contributed by atoms with Gasteiger partial charge in [0.2, 0.25) is 5.95 Å². The van der Waals surface area contributed by atoms with E-state index in [0.29, 0.717) is 17.3 Å². The Morgan fingerprint density at radius 3 is 2.41 bits per heavy atom. The van der Waals surface area contributed by atoms with Gasteiger partial charge in [-0.25, -0.2) is 4.52 Å². The second kappa shape index (κ2) is 9.46. The molecule has 1 saturated heterocycles. The minimum absolute atomic E-state index is 0.0651. The van der Waals surface area contributed by atoms with Crippen molar-refractivity contribution in [2.45, 2.75) is 31.9 Å². The number of aromatic nitrogens is 3. The number of pyridine rings is 1. The Balaban J connectivity index is 1.32. The van der Waals surface area contributed by atoms with Crippen LogP contribution in [-0.2, 0) is 12.6 Å². The lowest BCUT2D eigenvalue weighted by Gasteiger charge is -2.14. The molecule has 0 unspecified atom stereocenters. The molecule has 8 heteroatoms. The van der Waals surface area contributed by atoms with Gasteiger partial charge >= 0.3 is 6.18 Å². The highest BCUT2D eigenvalue weighted by molar-refractivity contribution is 5.68. The molecule has 5 rings (SSSR count). The quantitative estimate of drug-likeness (QED) is 0.354. The number of fused-ring (bicyclic) bond motifs is 1. The third-order valence-electron chi connectivity index (χ3n) is 6.22. The molecule has 0 atom stereocenters. The van der Waals surface area contributed by atoms with Crippen LogP contribution in [-0.4, -0.2) is 39.1 Å². The zero-order valence-corrected chi connectivity index (χ0v) is 18.7. The first kappa shape index (κ1) is 22.4. The fourth-order valence-electron chi connectivity index (χ4n) is 4.51. The van der Waals surface area contributed by atoms with Crippen LogP contribution >= 0.6 is 0 Å². The number of anilines is 2. The number of likely N-dealkylation sites (tertiary alicyclic amines) is 1. The Morgan fingerprint density at radius 1 is 0.882 bits per heavy atom. The second-order valence-electron chi connectivity index (χ2n) is 8.63. The Labute approximate surface area is 196 Å². The molecular weight excluding hydrogens is 439 g/mol. The van der Waals surface area contributed by atoms with E-state index in [2.05, 4.69) is 32.4 Å². The lowest BCUT2D eigenvalue weighted by Crippen LogP contribution is -2.20. The van der Waals surface area contributed by atoms with Crippen molar-refractivity contribution in [2.75, 3.05) is 25.0 Å². The van der Waals surface area contributed by atoms with Crippen LogP contribution in [0.1, 0.15) is 30.4 Å². The van der Waals surface area contributed by atoms with Gasteiger partial charge in [-0.1, -0.05) is 36.4 Å². The molecule has 1 fully saturated rings. The van der Waals surface area contributed by atoms with Gasteiger partial charge in [-0.15, -0.1) is 5.10 Å².